The summed E-state index contributed by atoms with van der Waals surface area (Å²) in [6.45, 7) is 6.41. The predicted octanol–water partition coefficient (Wildman–Crippen LogP) is 2.16. The smallest absolute Gasteiger partial charge is 0.125 e. The topological polar surface area (TPSA) is 56.7 Å². The fourth-order valence-electron chi connectivity index (χ4n) is 1.89. The van der Waals surface area contributed by atoms with Crippen molar-refractivity contribution in [3.8, 4) is 0 Å². The number of rotatable bonds is 2. The lowest BCUT2D eigenvalue weighted by Gasteiger charge is -2.11. The highest BCUT2D eigenvalue weighted by Crippen LogP contribution is 2.21. The van der Waals surface area contributed by atoms with Gasteiger partial charge in [-0.25, -0.2) is 9.97 Å². The average molecular weight is 204 g/mol. The Morgan fingerprint density at radius 3 is 2.80 bits per heavy atom. The number of hydrogen-bond acceptors (Lipinski definition) is 3. The molecule has 2 rings (SSSR count). The lowest BCUT2D eigenvalue weighted by atomic mass is 10.3. The third kappa shape index (κ3) is 1.56. The van der Waals surface area contributed by atoms with E-state index in [-0.39, 0.29) is 0 Å². The minimum absolute atomic E-state index is 0.395. The molecule has 2 aromatic rings. The van der Waals surface area contributed by atoms with Crippen LogP contribution in [0, 0.1) is 0 Å². The van der Waals surface area contributed by atoms with Gasteiger partial charge in [0.1, 0.15) is 17.2 Å². The van der Waals surface area contributed by atoms with Crippen molar-refractivity contribution in [2.75, 3.05) is 5.73 Å². The monoisotopic (exact) mass is 204 g/mol. The van der Waals surface area contributed by atoms with E-state index in [0.717, 1.165) is 23.3 Å². The van der Waals surface area contributed by atoms with Crippen molar-refractivity contribution in [3.05, 3.63) is 18.1 Å². The van der Waals surface area contributed by atoms with E-state index < -0.39 is 0 Å². The third-order valence-electron chi connectivity index (χ3n) is 2.50. The Balaban J connectivity index is 2.76. The lowest BCUT2D eigenvalue weighted by molar-refractivity contribution is 0.588. The van der Waals surface area contributed by atoms with Crippen LogP contribution in [0.3, 0.4) is 0 Å². The van der Waals surface area contributed by atoms with Gasteiger partial charge in [0.2, 0.25) is 0 Å². The second-order valence-electron chi connectivity index (χ2n) is 3.94. The largest absolute Gasteiger partial charge is 0.384 e. The van der Waals surface area contributed by atoms with Crippen LogP contribution in [0.1, 0.15) is 32.6 Å². The summed E-state index contributed by atoms with van der Waals surface area (Å²) in [6, 6.07) is 2.29. The second-order valence-corrected chi connectivity index (χ2v) is 3.94. The first-order valence-electron chi connectivity index (χ1n) is 5.25. The Labute approximate surface area is 89.1 Å². The van der Waals surface area contributed by atoms with Gasteiger partial charge >= 0.3 is 0 Å². The normalized spacial score (nSPS) is 11.5. The first-order valence-corrected chi connectivity index (χ1v) is 5.25. The average Bonchev–Trinajstić information content (AvgIpc) is 2.55. The van der Waals surface area contributed by atoms with E-state index in [2.05, 4.69) is 35.3 Å². The highest BCUT2D eigenvalue weighted by Gasteiger charge is 2.12. The maximum atomic E-state index is 5.69. The van der Waals surface area contributed by atoms with E-state index in [4.69, 9.17) is 5.73 Å². The number of hydrogen-bond donors (Lipinski definition) is 1. The van der Waals surface area contributed by atoms with E-state index in [1.54, 1.807) is 6.20 Å². The van der Waals surface area contributed by atoms with Gasteiger partial charge in [-0.05, 0) is 13.8 Å². The van der Waals surface area contributed by atoms with Crippen LogP contribution in [0.15, 0.2) is 12.3 Å². The zero-order valence-corrected chi connectivity index (χ0v) is 9.36. The Kier molecular flexibility index (Phi) is 2.34. The first kappa shape index (κ1) is 9.96. The summed E-state index contributed by atoms with van der Waals surface area (Å²) in [5.74, 6) is 1.64. The fraction of sp³-hybridized carbons (Fsp3) is 0.455. The summed E-state index contributed by atoms with van der Waals surface area (Å²) in [6.07, 6.45) is 2.66. The molecule has 2 N–H and O–H groups in total. The van der Waals surface area contributed by atoms with Crippen LogP contribution >= 0.6 is 0 Å². The molecule has 80 valence electrons. The van der Waals surface area contributed by atoms with Crippen LogP contribution in [0.4, 0.5) is 5.82 Å². The van der Waals surface area contributed by atoms with Crippen molar-refractivity contribution < 1.29 is 0 Å². The van der Waals surface area contributed by atoms with Crippen LogP contribution < -0.4 is 5.73 Å². The molecule has 0 unspecified atom stereocenters. The SMILES string of the molecule is CCc1nc2cnc(N)cc2n1C(C)C. The van der Waals surface area contributed by atoms with Crippen molar-refractivity contribution in [3.63, 3.8) is 0 Å². The molecule has 0 bridgehead atoms. The molecule has 0 spiro atoms. The summed E-state index contributed by atoms with van der Waals surface area (Å²) in [4.78, 5) is 8.60. The minimum Gasteiger partial charge on any atom is -0.384 e. The highest BCUT2D eigenvalue weighted by molar-refractivity contribution is 5.77. The van der Waals surface area contributed by atoms with Gasteiger partial charge < -0.3 is 10.3 Å². The molecule has 0 aliphatic rings. The van der Waals surface area contributed by atoms with E-state index >= 15 is 0 Å². The van der Waals surface area contributed by atoms with Crippen LogP contribution in [-0.4, -0.2) is 14.5 Å². The van der Waals surface area contributed by atoms with Crippen molar-refractivity contribution in [1.29, 1.82) is 0 Å². The standard InChI is InChI=1S/C11H16N4/c1-4-11-14-8-6-13-10(12)5-9(8)15(11)7(2)3/h5-7H,4H2,1-3H3,(H2,12,13). The maximum absolute atomic E-state index is 5.69. The van der Waals surface area contributed by atoms with Crippen LogP contribution in [-0.2, 0) is 6.42 Å². The molecule has 0 aliphatic heterocycles. The predicted molar refractivity (Wildman–Crippen MR) is 61.7 cm³/mol. The molecule has 0 aromatic carbocycles. The molecule has 0 saturated carbocycles. The van der Waals surface area contributed by atoms with Gasteiger partial charge in [0, 0.05) is 18.5 Å². The van der Waals surface area contributed by atoms with Crippen molar-refractivity contribution in [2.45, 2.75) is 33.2 Å². The number of aryl methyl sites for hydroxylation is 1. The summed E-state index contributed by atoms with van der Waals surface area (Å²) in [7, 11) is 0. The van der Waals surface area contributed by atoms with Crippen LogP contribution in [0.5, 0.6) is 0 Å². The second kappa shape index (κ2) is 3.53. The highest BCUT2D eigenvalue weighted by atomic mass is 15.1. The molecular formula is C11H16N4. The Morgan fingerprint density at radius 1 is 1.47 bits per heavy atom. The molecule has 0 atom stereocenters. The molecule has 0 saturated heterocycles. The minimum atomic E-state index is 0.395. The molecule has 4 heteroatoms. The van der Waals surface area contributed by atoms with E-state index in [1.807, 2.05) is 6.07 Å². The third-order valence-corrected chi connectivity index (χ3v) is 2.50. The molecule has 2 heterocycles. The summed E-state index contributed by atoms with van der Waals surface area (Å²) >= 11 is 0. The summed E-state index contributed by atoms with van der Waals surface area (Å²) < 4.78 is 2.22. The Morgan fingerprint density at radius 2 is 2.20 bits per heavy atom. The number of pyridine rings is 1. The van der Waals surface area contributed by atoms with Gasteiger partial charge in [-0.2, -0.15) is 0 Å². The van der Waals surface area contributed by atoms with Gasteiger partial charge in [0.05, 0.1) is 11.7 Å². The number of fused-ring (bicyclic) bond motifs is 1. The molecular weight excluding hydrogens is 188 g/mol. The van der Waals surface area contributed by atoms with Crippen molar-refractivity contribution in [2.24, 2.45) is 0 Å². The molecule has 2 aromatic heterocycles. The molecule has 15 heavy (non-hydrogen) atoms. The number of nitrogens with two attached hydrogens (primary N) is 1. The molecule has 0 aliphatic carbocycles. The van der Waals surface area contributed by atoms with E-state index in [9.17, 15) is 0 Å². The van der Waals surface area contributed by atoms with Gasteiger partial charge in [-0.3, -0.25) is 0 Å². The van der Waals surface area contributed by atoms with Gasteiger partial charge in [0.25, 0.3) is 0 Å². The number of anilines is 1. The van der Waals surface area contributed by atoms with Gasteiger partial charge in [-0.1, -0.05) is 6.92 Å². The number of aromatic nitrogens is 3. The zero-order valence-electron chi connectivity index (χ0n) is 9.36. The zero-order chi connectivity index (χ0) is 11.0. The Bertz CT molecular complexity index is 485. The molecule has 0 amide bonds. The molecule has 0 radical (unpaired) electrons. The first-order chi connectivity index (χ1) is 7.13. The lowest BCUT2D eigenvalue weighted by Crippen LogP contribution is -2.05. The molecule has 4 nitrogen and oxygen atoms in total. The Hall–Kier alpha value is -1.58. The number of nitrogens with zero attached hydrogens (tertiary/aromatic N) is 3. The van der Waals surface area contributed by atoms with Crippen molar-refractivity contribution >= 4 is 16.9 Å². The van der Waals surface area contributed by atoms with Crippen molar-refractivity contribution in [1.82, 2.24) is 14.5 Å². The van der Waals surface area contributed by atoms with Gasteiger partial charge in [0.15, 0.2) is 0 Å². The van der Waals surface area contributed by atoms with E-state index in [1.165, 1.54) is 0 Å². The van der Waals surface area contributed by atoms with Gasteiger partial charge in [-0.15, -0.1) is 0 Å². The quantitative estimate of drug-likeness (QED) is 0.815. The summed E-state index contributed by atoms with van der Waals surface area (Å²) in [5, 5.41) is 0. The molecule has 0 fully saturated rings. The fourth-order valence-corrected chi connectivity index (χ4v) is 1.89. The number of nitrogen functional groups attached to an aromatic ring is 1. The van der Waals surface area contributed by atoms with Crippen LogP contribution in [0.25, 0.3) is 11.0 Å². The van der Waals surface area contributed by atoms with Crippen LogP contribution in [0.2, 0.25) is 0 Å². The summed E-state index contributed by atoms with van der Waals surface area (Å²) in [5.41, 5.74) is 7.70. The number of imidazole rings is 1. The van der Waals surface area contributed by atoms with E-state index in [0.29, 0.717) is 11.9 Å². The maximum Gasteiger partial charge on any atom is 0.125 e.